The average Bonchev–Trinajstić information content (AvgIpc) is 2.56. The summed E-state index contributed by atoms with van der Waals surface area (Å²) in [4.78, 5) is 23.5. The number of hydrogen-bond acceptors (Lipinski definition) is 5. The fraction of sp³-hybridized carbons (Fsp3) is 0.0625. The second-order valence-corrected chi connectivity index (χ2v) is 4.18. The lowest BCUT2D eigenvalue weighted by atomic mass is 10.1. The lowest BCUT2D eigenvalue weighted by molar-refractivity contribution is -0.136. The Kier molecular flexibility index (Phi) is 4.82. The topological polar surface area (TPSA) is 76.0 Å². The first-order chi connectivity index (χ1) is 10.2. The maximum absolute atomic E-state index is 11.8. The van der Waals surface area contributed by atoms with Crippen molar-refractivity contribution < 1.29 is 19.5 Å². The van der Waals surface area contributed by atoms with Gasteiger partial charge in [0.05, 0.1) is 0 Å². The summed E-state index contributed by atoms with van der Waals surface area (Å²) in [5, 5.41) is 12.1. The van der Waals surface area contributed by atoms with Crippen LogP contribution in [0.3, 0.4) is 0 Å². The van der Waals surface area contributed by atoms with Crippen LogP contribution in [-0.2, 0) is 9.53 Å². The van der Waals surface area contributed by atoms with Crippen molar-refractivity contribution in [2.24, 2.45) is 5.16 Å². The van der Waals surface area contributed by atoms with Gasteiger partial charge < -0.3 is 9.94 Å². The summed E-state index contributed by atoms with van der Waals surface area (Å²) >= 11 is 0. The summed E-state index contributed by atoms with van der Waals surface area (Å²) in [6.45, 7) is -0.280. The van der Waals surface area contributed by atoms with Crippen LogP contribution >= 0.6 is 0 Å². The van der Waals surface area contributed by atoms with E-state index >= 15 is 0 Å². The molecule has 0 bridgehead atoms. The van der Waals surface area contributed by atoms with E-state index in [2.05, 4.69) is 5.16 Å². The Balaban J connectivity index is 1.99. The van der Waals surface area contributed by atoms with E-state index in [0.717, 1.165) is 0 Å². The summed E-state index contributed by atoms with van der Waals surface area (Å²) in [6, 6.07) is 16.9. The molecule has 0 saturated heterocycles. The van der Waals surface area contributed by atoms with Crippen molar-refractivity contribution in [1.29, 1.82) is 0 Å². The van der Waals surface area contributed by atoms with Gasteiger partial charge in [-0.05, 0) is 0 Å². The highest BCUT2D eigenvalue weighted by molar-refractivity contribution is 6.40. The lowest BCUT2D eigenvalue weighted by Gasteiger charge is -2.06. The quantitative estimate of drug-likeness (QED) is 0.228. The van der Waals surface area contributed by atoms with Crippen molar-refractivity contribution in [2.45, 2.75) is 0 Å². The monoisotopic (exact) mass is 283 g/mol. The number of nitrogens with zero attached hydrogens (tertiary/aromatic N) is 1. The molecular formula is C16H13NO4. The number of esters is 1. The third kappa shape index (κ3) is 3.76. The van der Waals surface area contributed by atoms with Gasteiger partial charge in [0.25, 0.3) is 5.78 Å². The molecule has 0 aliphatic carbocycles. The summed E-state index contributed by atoms with van der Waals surface area (Å²) in [6.07, 6.45) is 0. The van der Waals surface area contributed by atoms with Crippen LogP contribution in [-0.4, -0.2) is 29.3 Å². The molecule has 0 aliphatic heterocycles. The van der Waals surface area contributed by atoms with Gasteiger partial charge >= 0.3 is 5.97 Å². The van der Waals surface area contributed by atoms with E-state index < -0.39 is 11.8 Å². The van der Waals surface area contributed by atoms with E-state index in [4.69, 9.17) is 9.94 Å². The number of benzene rings is 2. The first-order valence-electron chi connectivity index (χ1n) is 6.25. The Morgan fingerprint density at radius 1 is 0.905 bits per heavy atom. The van der Waals surface area contributed by atoms with Crippen LogP contribution in [0, 0.1) is 0 Å². The van der Waals surface area contributed by atoms with Crippen molar-refractivity contribution in [2.75, 3.05) is 6.61 Å². The van der Waals surface area contributed by atoms with Gasteiger partial charge in [-0.25, -0.2) is 4.79 Å². The molecule has 0 fully saturated rings. The molecule has 0 amide bonds. The number of ether oxygens (including phenoxy) is 1. The van der Waals surface area contributed by atoms with Crippen LogP contribution < -0.4 is 0 Å². The molecule has 0 aliphatic rings. The van der Waals surface area contributed by atoms with Crippen LogP contribution in [0.1, 0.15) is 15.9 Å². The van der Waals surface area contributed by atoms with Gasteiger partial charge in [0.1, 0.15) is 12.3 Å². The Morgan fingerprint density at radius 2 is 1.43 bits per heavy atom. The Hall–Kier alpha value is -2.95. The van der Waals surface area contributed by atoms with E-state index in [1.807, 2.05) is 6.07 Å². The third-order valence-electron chi connectivity index (χ3n) is 2.79. The van der Waals surface area contributed by atoms with Gasteiger partial charge in [-0.3, -0.25) is 4.79 Å². The van der Waals surface area contributed by atoms with Crippen molar-refractivity contribution >= 4 is 17.5 Å². The van der Waals surface area contributed by atoms with Gasteiger partial charge in [0, 0.05) is 11.1 Å². The molecule has 5 heteroatoms. The maximum Gasteiger partial charge on any atom is 0.380 e. The fourth-order valence-corrected chi connectivity index (χ4v) is 1.71. The minimum absolute atomic E-state index is 0.171. The van der Waals surface area contributed by atoms with Gasteiger partial charge in [0.2, 0.25) is 0 Å². The first-order valence-corrected chi connectivity index (χ1v) is 6.25. The van der Waals surface area contributed by atoms with Crippen molar-refractivity contribution in [3.8, 4) is 0 Å². The molecular weight excluding hydrogens is 270 g/mol. The van der Waals surface area contributed by atoms with Crippen LogP contribution in [0.15, 0.2) is 65.8 Å². The van der Waals surface area contributed by atoms with E-state index in [1.54, 1.807) is 42.5 Å². The molecule has 0 unspecified atom stereocenters. The van der Waals surface area contributed by atoms with Crippen LogP contribution in [0.2, 0.25) is 0 Å². The molecule has 0 atom stereocenters. The molecule has 0 spiro atoms. The van der Waals surface area contributed by atoms with Crippen LogP contribution in [0.25, 0.3) is 0 Å². The number of carbonyl (C=O) groups is 2. The van der Waals surface area contributed by atoms with Crippen LogP contribution in [0.4, 0.5) is 0 Å². The lowest BCUT2D eigenvalue weighted by Crippen LogP contribution is -2.22. The predicted octanol–water partition coefficient (Wildman–Crippen LogP) is 2.29. The fourth-order valence-electron chi connectivity index (χ4n) is 1.71. The average molecular weight is 283 g/mol. The number of rotatable bonds is 5. The maximum atomic E-state index is 11.8. The largest absolute Gasteiger partial charge is 0.453 e. The minimum Gasteiger partial charge on any atom is -0.453 e. The van der Waals surface area contributed by atoms with Gasteiger partial charge in [-0.15, -0.1) is 0 Å². The van der Waals surface area contributed by atoms with Crippen LogP contribution in [0.5, 0.6) is 0 Å². The Labute approximate surface area is 121 Å². The van der Waals surface area contributed by atoms with E-state index in [0.29, 0.717) is 5.56 Å². The number of oxime groups is 1. The molecule has 0 aromatic heterocycles. The molecule has 2 aromatic carbocycles. The summed E-state index contributed by atoms with van der Waals surface area (Å²) in [5.74, 6) is -1.72. The normalized spacial score (nSPS) is 11.0. The standard InChI is InChI=1S/C16H13NO4/c18-15(13-9-5-2-6-10-13)16(19)21-11-14(17-20)12-7-3-1-4-8-12/h1-10,20H,11H2. The van der Waals surface area contributed by atoms with Gasteiger partial charge in [-0.1, -0.05) is 65.8 Å². The molecule has 0 saturated carbocycles. The second kappa shape index (κ2) is 7.00. The van der Waals surface area contributed by atoms with Gasteiger partial charge in [0.15, 0.2) is 0 Å². The summed E-state index contributed by atoms with van der Waals surface area (Å²) < 4.78 is 4.89. The highest BCUT2D eigenvalue weighted by Gasteiger charge is 2.18. The van der Waals surface area contributed by atoms with Crippen molar-refractivity contribution in [1.82, 2.24) is 0 Å². The highest BCUT2D eigenvalue weighted by atomic mass is 16.5. The molecule has 106 valence electrons. The molecule has 2 aromatic rings. The number of hydrogen-bond donors (Lipinski definition) is 1. The van der Waals surface area contributed by atoms with Crippen molar-refractivity contribution in [3.63, 3.8) is 0 Å². The van der Waals surface area contributed by atoms with Gasteiger partial charge in [-0.2, -0.15) is 0 Å². The van der Waals surface area contributed by atoms with Crippen molar-refractivity contribution in [3.05, 3.63) is 71.8 Å². The third-order valence-corrected chi connectivity index (χ3v) is 2.79. The molecule has 21 heavy (non-hydrogen) atoms. The molecule has 0 radical (unpaired) electrons. The van der Waals surface area contributed by atoms with E-state index in [9.17, 15) is 9.59 Å². The summed E-state index contributed by atoms with van der Waals surface area (Å²) in [7, 11) is 0. The summed E-state index contributed by atoms with van der Waals surface area (Å²) in [5.41, 5.74) is 1.04. The Morgan fingerprint density at radius 3 is 1.95 bits per heavy atom. The molecule has 2 rings (SSSR count). The zero-order valence-corrected chi connectivity index (χ0v) is 11.1. The SMILES string of the molecule is O=C(OCC(=NO)c1ccccc1)C(=O)c1ccccc1. The number of Topliss-reactive ketones (excluding diaryl/α,β-unsaturated/α-hetero) is 1. The molecule has 0 heterocycles. The number of carbonyl (C=O) groups excluding carboxylic acids is 2. The minimum atomic E-state index is -0.988. The second-order valence-electron chi connectivity index (χ2n) is 4.18. The first kappa shape index (κ1) is 14.5. The molecule has 1 N–H and O–H groups in total. The van der Waals surface area contributed by atoms with E-state index in [1.165, 1.54) is 12.1 Å². The van der Waals surface area contributed by atoms with E-state index in [-0.39, 0.29) is 17.9 Å². The smallest absolute Gasteiger partial charge is 0.380 e. The highest BCUT2D eigenvalue weighted by Crippen LogP contribution is 2.04. The molecule has 5 nitrogen and oxygen atoms in total. The Bertz CT molecular complexity index is 650. The number of ketones is 1. The zero-order valence-electron chi connectivity index (χ0n) is 11.1. The predicted molar refractivity (Wildman–Crippen MR) is 76.5 cm³/mol. The zero-order chi connectivity index (χ0) is 15.1.